The smallest absolute Gasteiger partial charge is 0.347 e. The summed E-state index contributed by atoms with van der Waals surface area (Å²) in [6.07, 6.45) is -1.83. The number of hydrogen-bond acceptors (Lipinski definition) is 14. The van der Waals surface area contributed by atoms with E-state index >= 15 is 0 Å². The summed E-state index contributed by atoms with van der Waals surface area (Å²) in [5.74, 6) is -8.52. The van der Waals surface area contributed by atoms with Gasteiger partial charge in [-0.3, -0.25) is 24.0 Å². The van der Waals surface area contributed by atoms with Gasteiger partial charge in [-0.2, -0.15) is 0 Å². The molecule has 13 atom stereocenters. The third kappa shape index (κ3) is 4.54. The lowest BCUT2D eigenvalue weighted by atomic mass is 9.36. The first-order chi connectivity index (χ1) is 22.8. The first-order valence-electron chi connectivity index (χ1n) is 16.6. The van der Waals surface area contributed by atoms with Gasteiger partial charge in [0.25, 0.3) is 0 Å². The van der Waals surface area contributed by atoms with Crippen molar-refractivity contribution in [3.63, 3.8) is 0 Å². The Morgan fingerprint density at radius 3 is 2.12 bits per heavy atom. The Balaban J connectivity index is 1.67. The van der Waals surface area contributed by atoms with E-state index < -0.39 is 111 Å². The lowest BCUT2D eigenvalue weighted by molar-refractivity contribution is -0.358. The van der Waals surface area contributed by atoms with E-state index in [1.807, 2.05) is 6.92 Å². The maximum atomic E-state index is 13.6. The molecule has 0 amide bonds. The number of carbonyl (C=O) groups excluding carboxylic acids is 6. The van der Waals surface area contributed by atoms with Crippen molar-refractivity contribution in [2.45, 2.75) is 110 Å². The van der Waals surface area contributed by atoms with Gasteiger partial charge in [0.1, 0.15) is 29.5 Å². The summed E-state index contributed by atoms with van der Waals surface area (Å²) in [7, 11) is 1.15. The molecule has 4 saturated carbocycles. The number of ether oxygens (including phenoxy) is 6. The second-order valence-electron chi connectivity index (χ2n) is 15.2. The monoisotopic (exact) mass is 688 g/mol. The minimum Gasteiger partial charge on any atom is -0.472 e. The lowest BCUT2D eigenvalue weighted by Gasteiger charge is -2.72. The fraction of sp³-hybridized carbons (Fsp3) is 0.714. The molecule has 0 spiro atoms. The van der Waals surface area contributed by atoms with Crippen LogP contribution in [0.1, 0.15) is 85.8 Å². The highest BCUT2D eigenvalue weighted by Crippen LogP contribution is 2.82. The van der Waals surface area contributed by atoms with Gasteiger partial charge in [-0.15, -0.1) is 0 Å². The topological polar surface area (TPSA) is 191 Å². The summed E-state index contributed by atoms with van der Waals surface area (Å²) in [6.45, 7) is 10.2. The minimum absolute atomic E-state index is 0.00405. The Kier molecular flexibility index (Phi) is 8.04. The number of esters is 6. The first-order valence-corrected chi connectivity index (χ1v) is 16.6. The van der Waals surface area contributed by atoms with Gasteiger partial charge in [0, 0.05) is 67.3 Å². The van der Waals surface area contributed by atoms with E-state index in [2.05, 4.69) is 0 Å². The van der Waals surface area contributed by atoms with Crippen molar-refractivity contribution < 1.29 is 66.7 Å². The highest BCUT2D eigenvalue weighted by Gasteiger charge is 2.91. The van der Waals surface area contributed by atoms with E-state index in [1.54, 1.807) is 19.9 Å². The molecule has 6 rings (SSSR count). The summed E-state index contributed by atoms with van der Waals surface area (Å²) in [5.41, 5.74) is -6.69. The van der Waals surface area contributed by atoms with Gasteiger partial charge < -0.3 is 37.9 Å². The van der Waals surface area contributed by atoms with E-state index in [9.17, 15) is 33.9 Å². The van der Waals surface area contributed by atoms with Gasteiger partial charge in [-0.05, 0) is 25.3 Å². The fourth-order valence-corrected chi connectivity index (χ4v) is 11.7. The molecule has 0 aromatic carbocycles. The van der Waals surface area contributed by atoms with E-state index in [4.69, 9.17) is 32.8 Å². The zero-order chi connectivity index (χ0) is 36.1. The molecule has 1 N–H and O–H groups in total. The molecular weight excluding hydrogens is 644 g/mol. The van der Waals surface area contributed by atoms with Crippen molar-refractivity contribution >= 4 is 35.8 Å². The molecule has 14 heteroatoms. The molecule has 0 unspecified atom stereocenters. The number of fused-ring (bicyclic) bond motifs is 5. The minimum atomic E-state index is -2.05. The summed E-state index contributed by atoms with van der Waals surface area (Å²) in [6, 6.07) is 1.68. The van der Waals surface area contributed by atoms with Crippen molar-refractivity contribution in [2.24, 2.45) is 39.9 Å². The van der Waals surface area contributed by atoms with Gasteiger partial charge in [0.2, 0.25) is 6.10 Å². The molecule has 2 heterocycles. The van der Waals surface area contributed by atoms with Crippen LogP contribution in [0.5, 0.6) is 0 Å². The molecule has 268 valence electrons. The molecular formula is C35H44O14. The second kappa shape index (κ2) is 11.3. The highest BCUT2D eigenvalue weighted by atomic mass is 16.6. The van der Waals surface area contributed by atoms with Crippen LogP contribution in [0.15, 0.2) is 23.0 Å². The molecule has 1 saturated heterocycles. The Bertz CT molecular complexity index is 1590. The average Bonchev–Trinajstić information content (AvgIpc) is 3.65. The summed E-state index contributed by atoms with van der Waals surface area (Å²) in [5, 5.41) is 13.6. The van der Waals surface area contributed by atoms with Crippen LogP contribution >= 0.6 is 0 Å². The van der Waals surface area contributed by atoms with E-state index in [0.717, 1.165) is 14.0 Å². The van der Waals surface area contributed by atoms with Gasteiger partial charge >= 0.3 is 35.8 Å². The van der Waals surface area contributed by atoms with Crippen molar-refractivity contribution in [1.29, 1.82) is 0 Å². The van der Waals surface area contributed by atoms with Crippen LogP contribution in [0.25, 0.3) is 0 Å². The zero-order valence-electron chi connectivity index (χ0n) is 28.9. The number of rotatable bonds is 7. The molecule has 4 aliphatic carbocycles. The van der Waals surface area contributed by atoms with Crippen molar-refractivity contribution in [1.82, 2.24) is 0 Å². The summed E-state index contributed by atoms with van der Waals surface area (Å²) >= 11 is 0. The summed E-state index contributed by atoms with van der Waals surface area (Å²) in [4.78, 5) is 78.8. The molecule has 5 aliphatic rings. The van der Waals surface area contributed by atoms with Gasteiger partial charge in [0.05, 0.1) is 32.0 Å². The molecule has 1 aromatic heterocycles. The normalized spacial score (nSPS) is 43.6. The fourth-order valence-electron chi connectivity index (χ4n) is 11.7. The lowest BCUT2D eigenvalue weighted by Crippen LogP contribution is -2.82. The largest absolute Gasteiger partial charge is 0.472 e. The molecule has 1 aliphatic heterocycles. The Morgan fingerprint density at radius 2 is 1.57 bits per heavy atom. The molecule has 0 radical (unpaired) electrons. The van der Waals surface area contributed by atoms with Crippen molar-refractivity contribution in [3.8, 4) is 0 Å². The van der Waals surface area contributed by atoms with E-state index in [0.29, 0.717) is 12.0 Å². The van der Waals surface area contributed by atoms with Gasteiger partial charge in [-0.25, -0.2) is 4.79 Å². The predicted molar refractivity (Wildman–Crippen MR) is 162 cm³/mol. The van der Waals surface area contributed by atoms with Crippen LogP contribution in [-0.2, 0) is 57.2 Å². The van der Waals surface area contributed by atoms with Crippen LogP contribution in [0, 0.1) is 39.9 Å². The van der Waals surface area contributed by atoms with E-state index in [1.165, 1.54) is 33.3 Å². The number of cyclic esters (lactones) is 1. The van der Waals surface area contributed by atoms with Gasteiger partial charge in [-0.1, -0.05) is 20.8 Å². The molecule has 5 fully saturated rings. The number of aliphatic hydroxyl groups is 1. The van der Waals surface area contributed by atoms with Crippen molar-refractivity contribution in [3.05, 3.63) is 24.2 Å². The Hall–Kier alpha value is -3.94. The maximum Gasteiger partial charge on any atom is 0.347 e. The number of carbonyl (C=O) groups is 6. The second-order valence-corrected chi connectivity index (χ2v) is 15.2. The van der Waals surface area contributed by atoms with Crippen molar-refractivity contribution in [2.75, 3.05) is 7.11 Å². The molecule has 1 aromatic rings. The first kappa shape index (κ1) is 34.9. The predicted octanol–water partition coefficient (Wildman–Crippen LogP) is 2.98. The van der Waals surface area contributed by atoms with Crippen LogP contribution in [0.3, 0.4) is 0 Å². The van der Waals surface area contributed by atoms with Crippen LogP contribution in [-0.4, -0.2) is 77.5 Å². The zero-order valence-corrected chi connectivity index (χ0v) is 28.9. The standard InChI is InChI=1S/C35H44O14/c1-16(36)45-25(30(41)43-8)26-32(6)15-34(49-19(4)39)24(28(32)46-17(2)37)29(47-18(3)38)35(42)21(33(26,34)7)9-11-31(5)22(35)13-23(40)48-27(31)20-10-12-44-14-20/h10,12,14,21-22,24-29,42H,9,11,13,15H2,1-8H3/t21-,22-,24+,25+,26+,27+,28-,29-,31-,32+,33-,34+,35-/m1/s1. The molecule has 49 heavy (non-hydrogen) atoms. The van der Waals surface area contributed by atoms with Gasteiger partial charge in [0.15, 0.2) is 0 Å². The number of methoxy groups -OCH3 is 1. The SMILES string of the molecule is COC(=O)[C@@H](OC(C)=O)[C@H]1[C@]2(C)C[C@]3(OC(C)=O)[C@@H]([C@H]2OC(C)=O)[C@@H](OC(C)=O)[C@]2(O)[C@@H]4CC(=O)O[C@@H](c5ccoc5)[C@]4(C)CC[C@@H]2[C@]13C. The Morgan fingerprint density at radius 1 is 0.918 bits per heavy atom. The number of furan rings is 1. The quantitative estimate of drug-likeness (QED) is 0.325. The third-order valence-corrected chi connectivity index (χ3v) is 12.8. The van der Waals surface area contributed by atoms with E-state index in [-0.39, 0.29) is 19.3 Å². The average molecular weight is 689 g/mol. The van der Waals surface area contributed by atoms with Crippen LogP contribution in [0.4, 0.5) is 0 Å². The highest BCUT2D eigenvalue weighted by molar-refractivity contribution is 5.80. The number of hydrogen-bond donors (Lipinski definition) is 1. The summed E-state index contributed by atoms with van der Waals surface area (Å²) < 4.78 is 40.7. The maximum absolute atomic E-state index is 13.6. The molecule has 2 bridgehead atoms. The van der Waals surface area contributed by atoms with Crippen LogP contribution < -0.4 is 0 Å². The molecule has 14 nitrogen and oxygen atoms in total. The Labute approximate surface area is 283 Å². The van der Waals surface area contributed by atoms with Crippen LogP contribution in [0.2, 0.25) is 0 Å². The third-order valence-electron chi connectivity index (χ3n) is 12.8.